The van der Waals surface area contributed by atoms with E-state index >= 15 is 0 Å². The zero-order valence-electron chi connectivity index (χ0n) is 12.6. The zero-order valence-corrected chi connectivity index (χ0v) is 14.1. The summed E-state index contributed by atoms with van der Waals surface area (Å²) in [6.07, 6.45) is 2.63. The van der Waals surface area contributed by atoms with Crippen molar-refractivity contribution in [1.29, 1.82) is 0 Å². The summed E-state index contributed by atoms with van der Waals surface area (Å²) in [5, 5.41) is 0.792. The highest BCUT2D eigenvalue weighted by atomic mass is 79.9. The fourth-order valence-electron chi connectivity index (χ4n) is 3.10. The Bertz CT molecular complexity index is 949. The number of fused-ring (bicyclic) bond motifs is 2. The van der Waals surface area contributed by atoms with Crippen LogP contribution in [0.4, 0.5) is 4.39 Å². The maximum atomic E-state index is 13.8. The number of halogens is 2. The number of para-hydroxylation sites is 1. The minimum absolute atomic E-state index is 0.208. The van der Waals surface area contributed by atoms with Crippen LogP contribution in [0.2, 0.25) is 0 Å². The van der Waals surface area contributed by atoms with E-state index in [1.54, 1.807) is 12.3 Å². The molecule has 1 aliphatic heterocycles. The van der Waals surface area contributed by atoms with Crippen LogP contribution in [0, 0.1) is 5.82 Å². The molecule has 0 saturated carbocycles. The van der Waals surface area contributed by atoms with Gasteiger partial charge in [0, 0.05) is 27.2 Å². The molecule has 4 heteroatoms. The molecule has 0 saturated heterocycles. The second kappa shape index (κ2) is 5.53. The van der Waals surface area contributed by atoms with Crippen LogP contribution in [0.5, 0.6) is 0 Å². The van der Waals surface area contributed by atoms with Gasteiger partial charge in [-0.15, -0.1) is 0 Å². The van der Waals surface area contributed by atoms with Gasteiger partial charge in [0.15, 0.2) is 0 Å². The molecule has 2 heterocycles. The highest BCUT2D eigenvalue weighted by Crippen LogP contribution is 2.30. The van der Waals surface area contributed by atoms with Gasteiger partial charge in [-0.1, -0.05) is 40.2 Å². The first-order valence-electron chi connectivity index (χ1n) is 7.53. The third-order valence-electron chi connectivity index (χ3n) is 4.16. The third-order valence-corrected chi connectivity index (χ3v) is 4.90. The molecule has 0 radical (unpaired) electrons. The highest BCUT2D eigenvalue weighted by Gasteiger charge is 2.21. The van der Waals surface area contributed by atoms with Crippen LogP contribution in [0.1, 0.15) is 23.6 Å². The first-order valence-corrected chi connectivity index (χ1v) is 8.33. The molecule has 1 aromatic heterocycles. The van der Waals surface area contributed by atoms with Gasteiger partial charge in [0.2, 0.25) is 0 Å². The summed E-state index contributed by atoms with van der Waals surface area (Å²) in [5.74, 6) is -0.295. The maximum Gasteiger partial charge on any atom is 0.149 e. The van der Waals surface area contributed by atoms with Gasteiger partial charge in [-0.2, -0.15) is 0 Å². The van der Waals surface area contributed by atoms with Crippen molar-refractivity contribution in [3.63, 3.8) is 0 Å². The number of benzene rings is 2. The van der Waals surface area contributed by atoms with E-state index in [1.807, 2.05) is 18.2 Å². The minimum atomic E-state index is -0.295. The Labute approximate surface area is 142 Å². The average Bonchev–Trinajstić information content (AvgIpc) is 2.55. The molecule has 1 unspecified atom stereocenters. The van der Waals surface area contributed by atoms with E-state index in [0.29, 0.717) is 5.52 Å². The molecule has 0 amide bonds. The molecule has 1 atom stereocenters. The van der Waals surface area contributed by atoms with Crippen LogP contribution < -0.4 is 0 Å². The maximum absolute atomic E-state index is 13.8. The molecule has 114 valence electrons. The van der Waals surface area contributed by atoms with Crippen molar-refractivity contribution < 1.29 is 4.39 Å². The molecule has 2 aromatic carbocycles. The van der Waals surface area contributed by atoms with Crippen molar-refractivity contribution in [2.45, 2.75) is 19.4 Å². The molecule has 0 fully saturated rings. The molecule has 2 nitrogen and oxygen atoms in total. The van der Waals surface area contributed by atoms with Gasteiger partial charge in [-0.25, -0.2) is 4.39 Å². The summed E-state index contributed by atoms with van der Waals surface area (Å²) < 4.78 is 14.9. The third kappa shape index (κ3) is 2.47. The molecule has 0 aliphatic carbocycles. The molecule has 1 aliphatic rings. The summed E-state index contributed by atoms with van der Waals surface area (Å²) in [5.41, 5.74) is 4.64. The summed E-state index contributed by atoms with van der Waals surface area (Å²) in [4.78, 5) is 9.13. The van der Waals surface area contributed by atoms with E-state index in [4.69, 9.17) is 4.99 Å². The van der Waals surface area contributed by atoms with Gasteiger partial charge < -0.3 is 0 Å². The summed E-state index contributed by atoms with van der Waals surface area (Å²) >= 11 is 3.64. The van der Waals surface area contributed by atoms with Crippen molar-refractivity contribution in [1.82, 2.24) is 4.98 Å². The smallest absolute Gasteiger partial charge is 0.149 e. The van der Waals surface area contributed by atoms with Gasteiger partial charge in [0.1, 0.15) is 11.3 Å². The first-order chi connectivity index (χ1) is 11.1. The molecule has 0 spiro atoms. The fraction of sp³-hybridized carbons (Fsp3) is 0.158. The topological polar surface area (TPSA) is 25.2 Å². The SMILES string of the molecule is CC1Cc2c(Br)cccc2C(c2cnc3c(F)cccc3c2)=N1. The van der Waals surface area contributed by atoms with Crippen molar-refractivity contribution in [2.75, 3.05) is 0 Å². The Morgan fingerprint density at radius 3 is 2.87 bits per heavy atom. The van der Waals surface area contributed by atoms with E-state index in [9.17, 15) is 4.39 Å². The second-order valence-corrected chi connectivity index (χ2v) is 6.69. The lowest BCUT2D eigenvalue weighted by Gasteiger charge is -2.22. The molecular formula is C19H14BrFN2. The van der Waals surface area contributed by atoms with Crippen LogP contribution in [-0.4, -0.2) is 16.7 Å². The van der Waals surface area contributed by atoms with Crippen molar-refractivity contribution in [3.8, 4) is 0 Å². The monoisotopic (exact) mass is 368 g/mol. The predicted molar refractivity (Wildman–Crippen MR) is 94.6 cm³/mol. The summed E-state index contributed by atoms with van der Waals surface area (Å²) in [6.45, 7) is 2.11. The van der Waals surface area contributed by atoms with E-state index in [2.05, 4.69) is 40.0 Å². The summed E-state index contributed by atoms with van der Waals surface area (Å²) in [6, 6.07) is 13.3. The van der Waals surface area contributed by atoms with Gasteiger partial charge in [0.25, 0.3) is 0 Å². The van der Waals surface area contributed by atoms with Crippen molar-refractivity contribution >= 4 is 32.5 Å². The second-order valence-electron chi connectivity index (χ2n) is 5.83. The number of rotatable bonds is 1. The normalized spacial score (nSPS) is 17.0. The van der Waals surface area contributed by atoms with Gasteiger partial charge in [0.05, 0.1) is 11.8 Å². The number of hydrogen-bond donors (Lipinski definition) is 0. The van der Waals surface area contributed by atoms with Gasteiger partial charge in [-0.05, 0) is 37.1 Å². The Morgan fingerprint density at radius 2 is 2.00 bits per heavy atom. The first kappa shape index (κ1) is 14.5. The number of aromatic nitrogens is 1. The average molecular weight is 369 g/mol. The molecular weight excluding hydrogens is 355 g/mol. The lowest BCUT2D eigenvalue weighted by molar-refractivity contribution is 0.637. The number of hydrogen-bond acceptors (Lipinski definition) is 2. The predicted octanol–water partition coefficient (Wildman–Crippen LogP) is 4.92. The van der Waals surface area contributed by atoms with Gasteiger partial charge in [-0.3, -0.25) is 9.98 Å². The lowest BCUT2D eigenvalue weighted by Crippen LogP contribution is -2.20. The molecule has 0 bridgehead atoms. The summed E-state index contributed by atoms with van der Waals surface area (Å²) in [7, 11) is 0. The number of aliphatic imine (C=N–C) groups is 1. The van der Waals surface area contributed by atoms with Crippen LogP contribution in [0.3, 0.4) is 0 Å². The van der Waals surface area contributed by atoms with E-state index in [-0.39, 0.29) is 11.9 Å². The van der Waals surface area contributed by atoms with Crippen LogP contribution in [0.25, 0.3) is 10.9 Å². The molecule has 0 N–H and O–H groups in total. The van der Waals surface area contributed by atoms with E-state index < -0.39 is 0 Å². The largest absolute Gasteiger partial charge is 0.281 e. The number of nitrogens with zero attached hydrogens (tertiary/aromatic N) is 2. The van der Waals surface area contributed by atoms with Crippen molar-refractivity contribution in [3.05, 3.63) is 75.6 Å². The molecule has 3 aromatic rings. The Balaban J connectivity index is 1.92. The Morgan fingerprint density at radius 1 is 1.17 bits per heavy atom. The van der Waals surface area contributed by atoms with Crippen LogP contribution >= 0.6 is 15.9 Å². The lowest BCUT2D eigenvalue weighted by atomic mass is 9.91. The zero-order chi connectivity index (χ0) is 16.0. The van der Waals surface area contributed by atoms with Crippen LogP contribution in [0.15, 0.2) is 58.1 Å². The Hall–Kier alpha value is -2.07. The minimum Gasteiger partial charge on any atom is -0.281 e. The van der Waals surface area contributed by atoms with E-state index in [0.717, 1.165) is 33.1 Å². The highest BCUT2D eigenvalue weighted by molar-refractivity contribution is 9.10. The standard InChI is InChI=1S/C19H14BrFN2/c1-11-8-15-14(5-3-6-16(15)20)18(23-11)13-9-12-4-2-7-17(21)19(12)22-10-13/h2-7,9-11H,8H2,1H3. The van der Waals surface area contributed by atoms with E-state index in [1.165, 1.54) is 11.6 Å². The molecule has 23 heavy (non-hydrogen) atoms. The quantitative estimate of drug-likeness (QED) is 0.598. The number of pyridine rings is 1. The fourth-order valence-corrected chi connectivity index (χ4v) is 3.63. The molecule has 4 rings (SSSR count). The van der Waals surface area contributed by atoms with Gasteiger partial charge >= 0.3 is 0 Å². The Kier molecular flexibility index (Phi) is 3.49. The van der Waals surface area contributed by atoms with Crippen molar-refractivity contribution in [2.24, 2.45) is 4.99 Å². The van der Waals surface area contributed by atoms with Crippen LogP contribution in [-0.2, 0) is 6.42 Å².